The van der Waals surface area contributed by atoms with Crippen molar-refractivity contribution in [1.29, 1.82) is 0 Å². The summed E-state index contributed by atoms with van der Waals surface area (Å²) >= 11 is 0. The lowest BCUT2D eigenvalue weighted by Crippen LogP contribution is -2.34. The Kier molecular flexibility index (Phi) is 3.67. The number of imidazole rings is 1. The Morgan fingerprint density at radius 2 is 2.19 bits per heavy atom. The fourth-order valence-electron chi connectivity index (χ4n) is 2.92. The van der Waals surface area contributed by atoms with Crippen LogP contribution in [0.25, 0.3) is 0 Å². The van der Waals surface area contributed by atoms with Crippen molar-refractivity contribution in [3.05, 3.63) is 18.7 Å². The third-order valence-electron chi connectivity index (χ3n) is 4.11. The Labute approximate surface area is 99.3 Å². The minimum absolute atomic E-state index is 0.871. The number of aromatic nitrogens is 2. The van der Waals surface area contributed by atoms with Crippen LogP contribution in [0.2, 0.25) is 0 Å². The van der Waals surface area contributed by atoms with Gasteiger partial charge in [-0.3, -0.25) is 0 Å². The van der Waals surface area contributed by atoms with E-state index in [-0.39, 0.29) is 0 Å². The summed E-state index contributed by atoms with van der Waals surface area (Å²) in [6.45, 7) is 9.22. The van der Waals surface area contributed by atoms with E-state index in [2.05, 4.69) is 48.6 Å². The van der Waals surface area contributed by atoms with Gasteiger partial charge in [-0.15, -0.1) is 0 Å². The van der Waals surface area contributed by atoms with Crippen molar-refractivity contribution >= 4 is 0 Å². The Hall–Kier alpha value is -0.790. The molecular weight excluding hydrogens is 196 g/mol. The Balaban J connectivity index is 1.87. The van der Waals surface area contributed by atoms with Gasteiger partial charge in [-0.25, -0.2) is 9.13 Å². The van der Waals surface area contributed by atoms with Gasteiger partial charge in [0, 0.05) is 0 Å². The summed E-state index contributed by atoms with van der Waals surface area (Å²) < 4.78 is 4.60. The monoisotopic (exact) mass is 221 g/mol. The van der Waals surface area contributed by atoms with E-state index in [1.807, 2.05) is 0 Å². The van der Waals surface area contributed by atoms with Crippen LogP contribution in [0.1, 0.15) is 40.0 Å². The Morgan fingerprint density at radius 1 is 1.38 bits per heavy atom. The molecule has 0 spiro atoms. The third kappa shape index (κ3) is 2.66. The molecule has 0 amide bonds. The molecule has 0 aliphatic heterocycles. The Morgan fingerprint density at radius 3 is 2.75 bits per heavy atom. The molecule has 2 rings (SSSR count). The van der Waals surface area contributed by atoms with Crippen molar-refractivity contribution in [2.24, 2.45) is 17.8 Å². The fraction of sp³-hybridized carbons (Fsp3) is 0.786. The number of rotatable bonds is 4. The van der Waals surface area contributed by atoms with Crippen molar-refractivity contribution in [2.45, 2.75) is 53.1 Å². The first-order valence-electron chi connectivity index (χ1n) is 6.73. The highest BCUT2D eigenvalue weighted by atomic mass is 15.1. The van der Waals surface area contributed by atoms with Crippen molar-refractivity contribution < 1.29 is 4.57 Å². The second-order valence-electron chi connectivity index (χ2n) is 5.62. The molecule has 0 N–H and O–H groups in total. The molecule has 1 aliphatic carbocycles. The first-order valence-corrected chi connectivity index (χ1v) is 6.73. The largest absolute Gasteiger partial charge is 0.243 e. The molecule has 1 heterocycles. The molecule has 1 saturated carbocycles. The molecule has 16 heavy (non-hydrogen) atoms. The number of nitrogens with zero attached hydrogens (tertiary/aromatic N) is 2. The van der Waals surface area contributed by atoms with Gasteiger partial charge in [-0.1, -0.05) is 13.8 Å². The molecule has 90 valence electrons. The third-order valence-corrected chi connectivity index (χ3v) is 4.11. The molecule has 0 radical (unpaired) electrons. The van der Waals surface area contributed by atoms with Crippen molar-refractivity contribution in [3.63, 3.8) is 0 Å². The molecule has 2 atom stereocenters. The second-order valence-corrected chi connectivity index (χ2v) is 5.62. The summed E-state index contributed by atoms with van der Waals surface area (Å²) in [4.78, 5) is 0. The van der Waals surface area contributed by atoms with Crippen LogP contribution < -0.4 is 4.57 Å². The van der Waals surface area contributed by atoms with Crippen LogP contribution in [0.15, 0.2) is 18.7 Å². The normalized spacial score (nSPS) is 25.5. The van der Waals surface area contributed by atoms with Gasteiger partial charge in [-0.05, 0) is 43.9 Å². The molecule has 1 aliphatic rings. The first-order chi connectivity index (χ1) is 7.69. The first kappa shape index (κ1) is 11.7. The van der Waals surface area contributed by atoms with E-state index >= 15 is 0 Å². The molecule has 1 aromatic heterocycles. The van der Waals surface area contributed by atoms with Crippen molar-refractivity contribution in [2.75, 3.05) is 0 Å². The van der Waals surface area contributed by atoms with Gasteiger partial charge in [0.1, 0.15) is 12.4 Å². The molecule has 2 unspecified atom stereocenters. The van der Waals surface area contributed by atoms with Crippen molar-refractivity contribution in [1.82, 2.24) is 4.57 Å². The van der Waals surface area contributed by atoms with Crippen LogP contribution in [0.4, 0.5) is 0 Å². The molecular formula is C14H25N2+. The van der Waals surface area contributed by atoms with Gasteiger partial charge in [0.25, 0.3) is 0 Å². The number of hydrogen-bond acceptors (Lipinski definition) is 0. The van der Waals surface area contributed by atoms with Crippen LogP contribution in [0.5, 0.6) is 0 Å². The quantitative estimate of drug-likeness (QED) is 0.691. The molecule has 1 aromatic rings. The molecule has 2 nitrogen and oxygen atoms in total. The van der Waals surface area contributed by atoms with Gasteiger partial charge in [0.05, 0.1) is 13.1 Å². The summed E-state index contributed by atoms with van der Waals surface area (Å²) in [7, 11) is 0. The molecule has 0 saturated heterocycles. The predicted octanol–water partition coefficient (Wildman–Crippen LogP) is 2.87. The standard InChI is InChI=1S/C14H25N2/c1-4-15-7-8-16(11-15)10-13-5-6-14(9-13)12(2)3/h7-8,11-14H,4-6,9-10H2,1-3H3/q+1. The van der Waals surface area contributed by atoms with Crippen LogP contribution in [-0.4, -0.2) is 4.57 Å². The van der Waals surface area contributed by atoms with E-state index in [4.69, 9.17) is 0 Å². The van der Waals surface area contributed by atoms with Crippen LogP contribution in [-0.2, 0) is 13.1 Å². The highest BCUT2D eigenvalue weighted by Crippen LogP contribution is 2.35. The van der Waals surface area contributed by atoms with E-state index in [1.165, 1.54) is 25.8 Å². The van der Waals surface area contributed by atoms with E-state index in [0.29, 0.717) is 0 Å². The molecule has 1 fully saturated rings. The summed E-state index contributed by atoms with van der Waals surface area (Å²) in [6.07, 6.45) is 10.9. The maximum absolute atomic E-state index is 2.37. The summed E-state index contributed by atoms with van der Waals surface area (Å²) in [5.41, 5.74) is 0. The fourth-order valence-corrected chi connectivity index (χ4v) is 2.92. The topological polar surface area (TPSA) is 8.81 Å². The predicted molar refractivity (Wildman–Crippen MR) is 66.0 cm³/mol. The highest BCUT2D eigenvalue weighted by molar-refractivity contribution is 4.76. The van der Waals surface area contributed by atoms with E-state index in [9.17, 15) is 0 Å². The average molecular weight is 221 g/mol. The molecule has 0 bridgehead atoms. The zero-order valence-corrected chi connectivity index (χ0v) is 10.9. The van der Waals surface area contributed by atoms with Crippen molar-refractivity contribution in [3.8, 4) is 0 Å². The van der Waals surface area contributed by atoms with Crippen LogP contribution in [0, 0.1) is 17.8 Å². The average Bonchev–Trinajstić information content (AvgIpc) is 2.87. The molecule has 0 aromatic carbocycles. The lowest BCUT2D eigenvalue weighted by molar-refractivity contribution is -0.702. The van der Waals surface area contributed by atoms with Gasteiger partial charge in [0.15, 0.2) is 0 Å². The lowest BCUT2D eigenvalue weighted by atomic mass is 9.93. The zero-order valence-electron chi connectivity index (χ0n) is 10.9. The van der Waals surface area contributed by atoms with E-state index in [0.717, 1.165) is 24.3 Å². The minimum atomic E-state index is 0.871. The van der Waals surface area contributed by atoms with Gasteiger partial charge >= 0.3 is 0 Å². The van der Waals surface area contributed by atoms with Gasteiger partial charge in [0.2, 0.25) is 6.33 Å². The van der Waals surface area contributed by atoms with Gasteiger partial charge < -0.3 is 0 Å². The summed E-state index contributed by atoms with van der Waals surface area (Å²) in [5.74, 6) is 2.75. The van der Waals surface area contributed by atoms with Gasteiger partial charge in [-0.2, -0.15) is 0 Å². The maximum atomic E-state index is 2.37. The van der Waals surface area contributed by atoms with E-state index < -0.39 is 0 Å². The Bertz CT molecular complexity index is 327. The zero-order chi connectivity index (χ0) is 11.5. The minimum Gasteiger partial charge on any atom is -0.237 e. The summed E-state index contributed by atoms with van der Waals surface area (Å²) in [5, 5.41) is 0. The maximum Gasteiger partial charge on any atom is 0.243 e. The summed E-state index contributed by atoms with van der Waals surface area (Å²) in [6, 6.07) is 0. The molecule has 2 heteroatoms. The van der Waals surface area contributed by atoms with Crippen LogP contribution in [0.3, 0.4) is 0 Å². The SMILES string of the molecule is CCn1cc[n+](CC2CCC(C(C)C)C2)c1. The van der Waals surface area contributed by atoms with Crippen LogP contribution >= 0.6 is 0 Å². The lowest BCUT2D eigenvalue weighted by Gasteiger charge is -2.13. The second kappa shape index (κ2) is 5.03. The highest BCUT2D eigenvalue weighted by Gasteiger charge is 2.28. The van der Waals surface area contributed by atoms with E-state index in [1.54, 1.807) is 0 Å². The number of aryl methyl sites for hydroxylation is 1. The number of hydrogen-bond donors (Lipinski definition) is 0. The smallest absolute Gasteiger partial charge is 0.237 e.